The first kappa shape index (κ1) is 83.0. The molecular weight excluding hydrogens is 1480 g/mol. The van der Waals surface area contributed by atoms with Crippen LogP contribution in [0.15, 0.2) is 302 Å². The lowest BCUT2D eigenvalue weighted by Gasteiger charge is -2.33. The van der Waals surface area contributed by atoms with Crippen molar-refractivity contribution in [3.63, 3.8) is 0 Å². The highest BCUT2D eigenvalue weighted by molar-refractivity contribution is 7.14. The van der Waals surface area contributed by atoms with Gasteiger partial charge in [0.2, 0.25) is 0 Å². The minimum atomic E-state index is -0.156. The average molecular weight is 1590 g/mol. The quantitative estimate of drug-likeness (QED) is 0.110. The molecule has 2 aliphatic rings. The van der Waals surface area contributed by atoms with Crippen LogP contribution >= 0.6 is 34.3 Å². The Hall–Kier alpha value is -10.5. The van der Waals surface area contributed by atoms with Gasteiger partial charge in [-0.25, -0.2) is 0 Å². The van der Waals surface area contributed by atoms with Gasteiger partial charge in [0.25, 0.3) is 0 Å². The summed E-state index contributed by atoms with van der Waals surface area (Å²) in [5, 5.41) is 9.11. The zero-order chi connectivity index (χ0) is 83.5. The summed E-state index contributed by atoms with van der Waals surface area (Å²) in [6.45, 7) is 50.1. The summed E-state index contributed by atoms with van der Waals surface area (Å²) in [5.74, 6) is 0. The van der Waals surface area contributed by atoms with Crippen molar-refractivity contribution < 1.29 is 0 Å². The van der Waals surface area contributed by atoms with Crippen molar-refractivity contribution in [3.8, 4) is 20.9 Å². The second kappa shape index (κ2) is 32.1. The maximum atomic E-state index is 6.41. The number of halogens is 1. The number of fused-ring (bicyclic) bond motifs is 6. The first-order valence-electron chi connectivity index (χ1n) is 41.5. The summed E-state index contributed by atoms with van der Waals surface area (Å²) in [7, 11) is 0. The summed E-state index contributed by atoms with van der Waals surface area (Å²) in [6, 6.07) is 107. The molecule has 12 aromatic carbocycles. The van der Waals surface area contributed by atoms with Crippen LogP contribution in [0, 0.1) is 13.8 Å². The van der Waals surface area contributed by atoms with E-state index in [1.807, 2.05) is 34.8 Å². The molecule has 2 heterocycles. The van der Waals surface area contributed by atoms with Crippen LogP contribution in [0.4, 0.5) is 62.6 Å². The topological polar surface area (TPSA) is 21.8 Å². The molecule has 596 valence electrons. The number of hydrogen-bond donors (Lipinski definition) is 1. The Bertz CT molecular complexity index is 5680. The Morgan fingerprint density at radius 2 is 0.590 bits per heavy atom. The Balaban J connectivity index is 0.000000160. The van der Waals surface area contributed by atoms with Crippen molar-refractivity contribution in [1.82, 2.24) is 0 Å². The van der Waals surface area contributed by atoms with Crippen molar-refractivity contribution in [1.29, 1.82) is 0 Å². The van der Waals surface area contributed by atoms with Crippen LogP contribution in [-0.4, -0.2) is 0 Å². The summed E-state index contributed by atoms with van der Waals surface area (Å²) in [5.41, 5.74) is 34.0. The molecule has 0 unspecified atom stereocenters. The molecule has 1 N–H and O–H groups in total. The fourth-order valence-electron chi connectivity index (χ4n) is 17.1. The number of rotatable bonds is 15. The van der Waals surface area contributed by atoms with Crippen molar-refractivity contribution in [2.45, 2.75) is 196 Å². The van der Waals surface area contributed by atoms with Crippen molar-refractivity contribution in [3.05, 3.63) is 385 Å². The third kappa shape index (κ3) is 17.1. The monoisotopic (exact) mass is 1590 g/mol. The van der Waals surface area contributed by atoms with Gasteiger partial charge in [0.1, 0.15) is 0 Å². The lowest BCUT2D eigenvalue weighted by molar-refractivity contribution is 0.590. The maximum Gasteiger partial charge on any atom is 0.0616 e. The van der Waals surface area contributed by atoms with Gasteiger partial charge < -0.3 is 20.0 Å². The second-order valence-corrected chi connectivity index (χ2v) is 40.7. The normalized spacial score (nSPS) is 13.4. The first-order valence-corrected chi connectivity index (χ1v) is 43.7. The molecular formula is C110H117ClN4S2. The third-order valence-corrected chi connectivity index (χ3v) is 26.5. The number of anilines is 11. The predicted molar refractivity (Wildman–Crippen MR) is 510 cm³/mol. The second-order valence-electron chi connectivity index (χ2n) is 38.5. The van der Waals surface area contributed by atoms with E-state index in [9.17, 15) is 0 Å². The van der Waals surface area contributed by atoms with Crippen molar-refractivity contribution in [2.75, 3.05) is 20.0 Å². The Kier molecular flexibility index (Phi) is 22.8. The van der Waals surface area contributed by atoms with Crippen LogP contribution in [0.2, 0.25) is 5.02 Å². The summed E-state index contributed by atoms with van der Waals surface area (Å²) in [4.78, 5) is 9.99. The minimum Gasteiger partial charge on any atom is -0.355 e. The van der Waals surface area contributed by atoms with Gasteiger partial charge in [0.15, 0.2) is 0 Å². The van der Waals surface area contributed by atoms with Crippen LogP contribution in [0.25, 0.3) is 20.9 Å². The summed E-state index contributed by atoms with van der Waals surface area (Å²) >= 11 is 10.1. The van der Waals surface area contributed by atoms with Gasteiger partial charge in [0, 0.05) is 110 Å². The molecule has 0 aliphatic heterocycles. The molecule has 0 saturated carbocycles. The van der Waals surface area contributed by atoms with E-state index in [1.165, 1.54) is 105 Å². The van der Waals surface area contributed by atoms with E-state index >= 15 is 0 Å². The van der Waals surface area contributed by atoms with Gasteiger partial charge in [-0.15, -0.1) is 22.7 Å². The van der Waals surface area contributed by atoms with Crippen molar-refractivity contribution >= 4 is 96.8 Å². The lowest BCUT2D eigenvalue weighted by atomic mass is 9.78. The summed E-state index contributed by atoms with van der Waals surface area (Å²) in [6.07, 6.45) is 0. The molecule has 7 heteroatoms. The molecule has 0 saturated heterocycles. The molecule has 2 aromatic heterocycles. The molecule has 4 nitrogen and oxygen atoms in total. The molecule has 0 bridgehead atoms. The fraction of sp³-hybridized carbons (Fsp3) is 0.273. The fourth-order valence-corrected chi connectivity index (χ4v) is 19.8. The molecule has 14 aromatic rings. The third-order valence-electron chi connectivity index (χ3n) is 24.3. The molecule has 0 amide bonds. The molecule has 0 radical (unpaired) electrons. The number of aryl methyl sites for hydroxylation is 2. The largest absolute Gasteiger partial charge is 0.355 e. The SMILES string of the molecule is CC(C)(c1ccccc1)c1ccc(Nc2csc3c2C(C)(C)c2ccccc2-3)cc1.Cc1cc(Cl)cc(N(c2ccc(C(C)(C)C)cc2)c2ccc(C(C)(C)C)cc2)c1.Cc1cc(N(c2ccc(C(C)(C)C)cc2)c2ccc(C(C)(C)C)cc2)cc(N(c2ccc(C(C)(C)c3ccccc3)cc2)c2csc3c2C(C)(C)c2ccccc2-3)c1. The van der Waals surface area contributed by atoms with E-state index in [-0.39, 0.29) is 43.3 Å². The standard InChI is InChI=1S/C55H58N2S.C28H27NS.C27H32ClN/c1-37-33-45(56(42-27-21-38(22-28-42)52(2,3)4)43-29-23-39(24-30-43)53(5,6)7)35-46(34-37)57(44-31-25-41(26-32-44)54(8,9)40-17-13-12-14-18-40)49-36-58-51-47-19-15-16-20-48(47)55(10,11)50(49)51;1-27(2,19-10-6-5-7-11-19)20-14-16-21(17-15-20)29-24-18-30-26-22-12-8-9-13-23(22)28(3,4)25(24)26;1-19-16-22(28)18-25(17-19)29(23-12-8-20(9-13-23)26(2,3)4)24-14-10-21(11-15-24)27(5,6)7/h12-36H,1-11H3;5-18,29H,1-4H3;8-18H,1-7H3. The van der Waals surface area contributed by atoms with Crippen molar-refractivity contribution in [2.24, 2.45) is 0 Å². The molecule has 0 atom stereocenters. The Labute approximate surface area is 713 Å². The minimum absolute atomic E-state index is 0.0174. The van der Waals surface area contributed by atoms with Gasteiger partial charge in [-0.05, 0) is 223 Å². The van der Waals surface area contributed by atoms with Crippen LogP contribution < -0.4 is 20.0 Å². The summed E-state index contributed by atoms with van der Waals surface area (Å²) < 4.78 is 0. The van der Waals surface area contributed by atoms with Gasteiger partial charge in [-0.3, -0.25) is 0 Å². The predicted octanol–water partition coefficient (Wildman–Crippen LogP) is 33.1. The number of hydrogen-bond acceptors (Lipinski definition) is 6. The Morgan fingerprint density at radius 3 is 0.974 bits per heavy atom. The zero-order valence-corrected chi connectivity index (χ0v) is 75.3. The average Bonchev–Trinajstić information content (AvgIpc) is 1.33. The van der Waals surface area contributed by atoms with Crippen LogP contribution in [0.5, 0.6) is 0 Å². The molecule has 0 spiro atoms. The van der Waals surface area contributed by atoms with E-state index < -0.39 is 0 Å². The van der Waals surface area contributed by atoms with Gasteiger partial charge >= 0.3 is 0 Å². The van der Waals surface area contributed by atoms with E-state index in [4.69, 9.17) is 11.6 Å². The molecule has 0 fully saturated rings. The number of thiophene rings is 2. The van der Waals surface area contributed by atoms with Gasteiger partial charge in [-0.1, -0.05) is 332 Å². The maximum absolute atomic E-state index is 6.41. The first-order chi connectivity index (χ1) is 55.3. The highest BCUT2D eigenvalue weighted by Crippen LogP contribution is 2.59. The highest BCUT2D eigenvalue weighted by atomic mass is 35.5. The molecule has 16 rings (SSSR count). The van der Waals surface area contributed by atoms with E-state index in [0.29, 0.717) is 0 Å². The van der Waals surface area contributed by atoms with Crippen LogP contribution in [0.1, 0.15) is 216 Å². The Morgan fingerprint density at radius 1 is 0.291 bits per heavy atom. The van der Waals surface area contributed by atoms with Gasteiger partial charge in [-0.2, -0.15) is 0 Å². The number of benzene rings is 12. The van der Waals surface area contributed by atoms with Crippen LogP contribution in [0.3, 0.4) is 0 Å². The van der Waals surface area contributed by atoms with Crippen LogP contribution in [-0.2, 0) is 43.3 Å². The van der Waals surface area contributed by atoms with E-state index in [1.54, 1.807) is 0 Å². The highest BCUT2D eigenvalue weighted by Gasteiger charge is 2.42. The number of nitrogens with one attached hydrogen (secondary N) is 1. The zero-order valence-electron chi connectivity index (χ0n) is 72.9. The van der Waals surface area contributed by atoms with E-state index in [0.717, 1.165) is 61.8 Å². The lowest BCUT2D eigenvalue weighted by Crippen LogP contribution is -2.21. The molecule has 117 heavy (non-hydrogen) atoms. The van der Waals surface area contributed by atoms with Gasteiger partial charge in [0.05, 0.1) is 11.4 Å². The number of nitrogens with zero attached hydrogens (tertiary/aromatic N) is 3. The van der Waals surface area contributed by atoms with E-state index in [2.05, 4.69) is 462 Å². The molecule has 2 aliphatic carbocycles. The smallest absolute Gasteiger partial charge is 0.0616 e.